The van der Waals surface area contributed by atoms with E-state index < -0.39 is 0 Å². The summed E-state index contributed by atoms with van der Waals surface area (Å²) < 4.78 is 2.44. The van der Waals surface area contributed by atoms with Crippen LogP contribution in [0.4, 0.5) is 0 Å². The Morgan fingerprint density at radius 1 is 1.31 bits per heavy atom. The number of nitrogens with zero attached hydrogens (tertiary/aromatic N) is 4. The van der Waals surface area contributed by atoms with Crippen LogP contribution >= 0.6 is 11.8 Å². The predicted molar refractivity (Wildman–Crippen MR) is 57.4 cm³/mol. The summed E-state index contributed by atoms with van der Waals surface area (Å²) >= 11 is 1.20. The Hall–Kier alpha value is -1.83. The zero-order valence-electron chi connectivity index (χ0n) is 8.67. The molecule has 2 rings (SSSR count). The van der Waals surface area contributed by atoms with Crippen LogP contribution in [0.25, 0.3) is 0 Å². The molecule has 0 atom stereocenters. The third-order valence-electron chi connectivity index (χ3n) is 2.08. The molecule has 1 N–H and O–H groups in total. The van der Waals surface area contributed by atoms with Gasteiger partial charge in [-0.3, -0.25) is 13.9 Å². The topological polar surface area (TPSA) is 85.6 Å². The van der Waals surface area contributed by atoms with E-state index in [1.54, 1.807) is 7.05 Å². The SMILES string of the molecule is Cn1c(Sc2cn[nH]n2)cc(=O)n(C)c1=O. The number of nitrogens with one attached hydrogen (secondary N) is 1. The van der Waals surface area contributed by atoms with E-state index in [9.17, 15) is 9.59 Å². The van der Waals surface area contributed by atoms with Crippen LogP contribution in [0.3, 0.4) is 0 Å². The van der Waals surface area contributed by atoms with Gasteiger partial charge in [0.15, 0.2) is 0 Å². The van der Waals surface area contributed by atoms with Gasteiger partial charge >= 0.3 is 5.69 Å². The molecule has 8 heteroatoms. The molecule has 7 nitrogen and oxygen atoms in total. The fourth-order valence-corrected chi connectivity index (χ4v) is 1.94. The Kier molecular flexibility index (Phi) is 2.65. The van der Waals surface area contributed by atoms with Crippen LogP contribution in [0.1, 0.15) is 0 Å². The van der Waals surface area contributed by atoms with Crippen molar-refractivity contribution in [2.75, 3.05) is 0 Å². The monoisotopic (exact) mass is 239 g/mol. The highest BCUT2D eigenvalue weighted by Crippen LogP contribution is 2.21. The van der Waals surface area contributed by atoms with Crippen LogP contribution in [-0.4, -0.2) is 24.5 Å². The Morgan fingerprint density at radius 2 is 2.06 bits per heavy atom. The number of rotatable bonds is 2. The van der Waals surface area contributed by atoms with Crippen LogP contribution in [0.5, 0.6) is 0 Å². The lowest BCUT2D eigenvalue weighted by molar-refractivity contribution is 0.635. The van der Waals surface area contributed by atoms with Gasteiger partial charge in [0.05, 0.1) is 11.2 Å². The molecule has 2 aromatic rings. The number of aromatic amines is 1. The summed E-state index contributed by atoms with van der Waals surface area (Å²) in [6, 6.07) is 1.39. The number of hydrogen-bond acceptors (Lipinski definition) is 5. The second kappa shape index (κ2) is 3.97. The second-order valence-corrected chi connectivity index (χ2v) is 4.17. The molecule has 0 unspecified atom stereocenters. The fraction of sp³-hybridized carbons (Fsp3) is 0.250. The minimum absolute atomic E-state index is 0.339. The van der Waals surface area contributed by atoms with Crippen molar-refractivity contribution in [3.63, 3.8) is 0 Å². The largest absolute Gasteiger partial charge is 0.331 e. The Labute approximate surface area is 94.1 Å². The van der Waals surface area contributed by atoms with Crippen LogP contribution in [-0.2, 0) is 14.1 Å². The molecule has 16 heavy (non-hydrogen) atoms. The lowest BCUT2D eigenvalue weighted by atomic mass is 10.6. The molecular formula is C8H9N5O2S. The zero-order valence-corrected chi connectivity index (χ0v) is 9.48. The molecule has 2 heterocycles. The van der Waals surface area contributed by atoms with Crippen molar-refractivity contribution in [2.45, 2.75) is 10.1 Å². The highest BCUT2D eigenvalue weighted by atomic mass is 32.2. The van der Waals surface area contributed by atoms with Gasteiger partial charge in [-0.15, -0.1) is 5.10 Å². The average Bonchev–Trinajstić information content (AvgIpc) is 2.76. The maximum Gasteiger partial charge on any atom is 0.331 e. The highest BCUT2D eigenvalue weighted by molar-refractivity contribution is 7.99. The molecule has 84 valence electrons. The van der Waals surface area contributed by atoms with Gasteiger partial charge in [0.25, 0.3) is 5.56 Å². The smallest absolute Gasteiger partial charge is 0.291 e. The lowest BCUT2D eigenvalue weighted by Gasteiger charge is -2.06. The molecular weight excluding hydrogens is 230 g/mol. The van der Waals surface area contributed by atoms with E-state index in [2.05, 4.69) is 15.4 Å². The van der Waals surface area contributed by atoms with Crippen LogP contribution in [0.15, 0.2) is 31.9 Å². The molecule has 0 aliphatic rings. The Morgan fingerprint density at radius 3 is 2.69 bits per heavy atom. The molecule has 0 saturated heterocycles. The van der Waals surface area contributed by atoms with Crippen molar-refractivity contribution >= 4 is 11.8 Å². The lowest BCUT2D eigenvalue weighted by Crippen LogP contribution is -2.36. The summed E-state index contributed by atoms with van der Waals surface area (Å²) in [5.41, 5.74) is -0.701. The Bertz CT molecular complexity index is 612. The van der Waals surface area contributed by atoms with Crippen molar-refractivity contribution in [1.82, 2.24) is 24.5 Å². The van der Waals surface area contributed by atoms with Gasteiger partial charge in [0.1, 0.15) is 5.03 Å². The summed E-state index contributed by atoms with van der Waals surface area (Å²) in [6.45, 7) is 0. The molecule has 2 aromatic heterocycles. The van der Waals surface area contributed by atoms with Crippen molar-refractivity contribution in [3.05, 3.63) is 33.1 Å². The number of hydrogen-bond donors (Lipinski definition) is 1. The van der Waals surface area contributed by atoms with E-state index in [-0.39, 0.29) is 11.2 Å². The molecule has 0 saturated carbocycles. The van der Waals surface area contributed by atoms with E-state index in [4.69, 9.17) is 0 Å². The van der Waals surface area contributed by atoms with Crippen LogP contribution in [0.2, 0.25) is 0 Å². The van der Waals surface area contributed by atoms with E-state index in [1.165, 1.54) is 35.6 Å². The van der Waals surface area contributed by atoms with Gasteiger partial charge in [-0.2, -0.15) is 10.3 Å². The molecule has 0 aliphatic carbocycles. The van der Waals surface area contributed by atoms with Crippen molar-refractivity contribution in [1.29, 1.82) is 0 Å². The summed E-state index contributed by atoms with van der Waals surface area (Å²) in [5.74, 6) is 0. The van der Waals surface area contributed by atoms with Crippen molar-refractivity contribution < 1.29 is 0 Å². The average molecular weight is 239 g/mol. The maximum absolute atomic E-state index is 11.6. The minimum Gasteiger partial charge on any atom is -0.291 e. The van der Waals surface area contributed by atoms with E-state index in [0.29, 0.717) is 10.1 Å². The van der Waals surface area contributed by atoms with Crippen LogP contribution < -0.4 is 11.2 Å². The van der Waals surface area contributed by atoms with Gasteiger partial charge in [-0.05, 0) is 11.8 Å². The zero-order chi connectivity index (χ0) is 11.7. The van der Waals surface area contributed by atoms with Crippen molar-refractivity contribution in [3.8, 4) is 0 Å². The minimum atomic E-state index is -0.363. The second-order valence-electron chi connectivity index (χ2n) is 3.13. The first-order chi connectivity index (χ1) is 7.59. The van der Waals surface area contributed by atoms with Gasteiger partial charge in [0, 0.05) is 20.2 Å². The fourth-order valence-electron chi connectivity index (χ4n) is 1.16. The van der Waals surface area contributed by atoms with Gasteiger partial charge in [-0.25, -0.2) is 4.79 Å². The molecule has 0 aliphatic heterocycles. The van der Waals surface area contributed by atoms with Crippen molar-refractivity contribution in [2.24, 2.45) is 14.1 Å². The molecule has 0 spiro atoms. The molecule has 0 aromatic carbocycles. The van der Waals surface area contributed by atoms with Gasteiger partial charge in [-0.1, -0.05) is 0 Å². The molecule has 0 radical (unpaired) electrons. The first-order valence-electron chi connectivity index (χ1n) is 4.40. The normalized spacial score (nSPS) is 10.6. The van der Waals surface area contributed by atoms with Gasteiger partial charge in [0.2, 0.25) is 0 Å². The molecule has 0 amide bonds. The van der Waals surface area contributed by atoms with Gasteiger partial charge < -0.3 is 0 Å². The molecule has 0 bridgehead atoms. The van der Waals surface area contributed by atoms with Crippen LogP contribution in [0, 0.1) is 0 Å². The van der Waals surface area contributed by atoms with E-state index in [0.717, 1.165) is 4.57 Å². The first-order valence-corrected chi connectivity index (χ1v) is 5.22. The maximum atomic E-state index is 11.6. The third kappa shape index (κ3) is 1.78. The predicted octanol–water partition coefficient (Wildman–Crippen LogP) is -0.647. The highest BCUT2D eigenvalue weighted by Gasteiger charge is 2.08. The third-order valence-corrected chi connectivity index (χ3v) is 3.09. The summed E-state index contributed by atoms with van der Waals surface area (Å²) in [5, 5.41) is 11.1. The number of H-pyrrole nitrogens is 1. The van der Waals surface area contributed by atoms with E-state index >= 15 is 0 Å². The summed E-state index contributed by atoms with van der Waals surface area (Å²) in [6.07, 6.45) is 1.52. The quantitative estimate of drug-likeness (QED) is 0.704. The molecule has 0 fully saturated rings. The summed E-state index contributed by atoms with van der Waals surface area (Å²) in [4.78, 5) is 23.0. The number of aromatic nitrogens is 5. The first kappa shape index (κ1) is 10.7. The Balaban J connectivity index is 2.51. The van der Waals surface area contributed by atoms with E-state index in [1.807, 2.05) is 0 Å². The summed E-state index contributed by atoms with van der Waals surface area (Å²) in [7, 11) is 3.04. The standard InChI is InChI=1S/C8H9N5O2S/c1-12-6(14)3-7(13(2)8(12)15)16-5-4-9-11-10-5/h3-4H,1-2H3,(H,9,10,11).